The Hall–Kier alpha value is -2.97. The molecule has 2 aromatic heterocycles. The number of pyridine rings is 1. The molecule has 1 aliphatic heterocycles. The van der Waals surface area contributed by atoms with E-state index in [0.717, 1.165) is 73.4 Å². The summed E-state index contributed by atoms with van der Waals surface area (Å²) >= 11 is 0. The van der Waals surface area contributed by atoms with E-state index in [1.807, 2.05) is 33.0 Å². The number of aromatic nitrogens is 3. The van der Waals surface area contributed by atoms with Crippen LogP contribution in [0.25, 0.3) is 22.4 Å². The van der Waals surface area contributed by atoms with Gasteiger partial charge in [-0.25, -0.2) is 4.98 Å². The van der Waals surface area contributed by atoms with Gasteiger partial charge in [0, 0.05) is 44.1 Å². The van der Waals surface area contributed by atoms with Gasteiger partial charge in [0.15, 0.2) is 0 Å². The third-order valence-electron chi connectivity index (χ3n) is 7.43. The van der Waals surface area contributed by atoms with Gasteiger partial charge < -0.3 is 23.7 Å². The van der Waals surface area contributed by atoms with Gasteiger partial charge in [0.1, 0.15) is 5.82 Å². The van der Waals surface area contributed by atoms with Gasteiger partial charge in [0.25, 0.3) is 5.56 Å². The predicted molar refractivity (Wildman–Crippen MR) is 148 cm³/mol. The largest absolute Gasteiger partial charge is 0.463 e. The van der Waals surface area contributed by atoms with E-state index in [1.165, 1.54) is 0 Å². The zero-order chi connectivity index (χ0) is 27.4. The number of fused-ring (bicyclic) bond motifs is 1. The summed E-state index contributed by atoms with van der Waals surface area (Å²) in [7, 11) is 1.78. The third kappa shape index (κ3) is 6.53. The first-order valence-electron chi connectivity index (χ1n) is 13.8. The van der Waals surface area contributed by atoms with Crippen LogP contribution in [-0.4, -0.2) is 50.6 Å². The molecule has 0 aliphatic carbocycles. The summed E-state index contributed by atoms with van der Waals surface area (Å²) in [6.07, 6.45) is 5.04. The highest BCUT2D eigenvalue weighted by atomic mass is 16.5. The smallest absolute Gasteiger partial charge is 0.311 e. The number of aliphatic hydroxyl groups is 1. The van der Waals surface area contributed by atoms with E-state index in [-0.39, 0.29) is 17.6 Å². The summed E-state index contributed by atoms with van der Waals surface area (Å²) in [6, 6.07) is 8.31. The van der Waals surface area contributed by atoms with Gasteiger partial charge in [-0.3, -0.25) is 9.59 Å². The summed E-state index contributed by atoms with van der Waals surface area (Å²) in [5.41, 5.74) is 4.75. The fraction of sp³-hybridized carbons (Fsp3) is 0.567. The Kier molecular flexibility index (Phi) is 9.05. The summed E-state index contributed by atoms with van der Waals surface area (Å²) in [4.78, 5) is 29.8. The number of imidazole rings is 1. The molecule has 1 aliphatic rings. The first-order valence-corrected chi connectivity index (χ1v) is 13.8. The van der Waals surface area contributed by atoms with Gasteiger partial charge in [0.05, 0.1) is 29.2 Å². The van der Waals surface area contributed by atoms with E-state index in [0.29, 0.717) is 17.9 Å². The van der Waals surface area contributed by atoms with E-state index in [9.17, 15) is 14.7 Å². The van der Waals surface area contributed by atoms with E-state index in [1.54, 1.807) is 18.5 Å². The maximum Gasteiger partial charge on any atom is 0.311 e. The van der Waals surface area contributed by atoms with E-state index in [4.69, 9.17) is 14.5 Å². The molecule has 4 rings (SSSR count). The Morgan fingerprint density at radius 1 is 1.21 bits per heavy atom. The van der Waals surface area contributed by atoms with Gasteiger partial charge in [-0.1, -0.05) is 6.07 Å². The number of carbonyl (C=O) groups excluding carboxylic acids is 1. The molecule has 38 heavy (non-hydrogen) atoms. The minimum absolute atomic E-state index is 0.00379. The number of ether oxygens (including phenoxy) is 2. The zero-order valence-electron chi connectivity index (χ0n) is 23.3. The number of hydrogen-bond acceptors (Lipinski definition) is 6. The summed E-state index contributed by atoms with van der Waals surface area (Å²) in [5, 5.41) is 10.1. The van der Waals surface area contributed by atoms with Crippen molar-refractivity contribution in [2.45, 2.75) is 78.6 Å². The summed E-state index contributed by atoms with van der Waals surface area (Å²) < 4.78 is 14.8. The first kappa shape index (κ1) is 28.0. The van der Waals surface area contributed by atoms with Crippen molar-refractivity contribution in [1.29, 1.82) is 0 Å². The average molecular weight is 524 g/mol. The Labute approximate surface area is 224 Å². The van der Waals surface area contributed by atoms with Crippen molar-refractivity contribution in [3.63, 3.8) is 0 Å². The second-order valence-corrected chi connectivity index (χ2v) is 11.0. The van der Waals surface area contributed by atoms with E-state index < -0.39 is 12.0 Å². The molecule has 0 bridgehead atoms. The van der Waals surface area contributed by atoms with Crippen LogP contribution in [0.2, 0.25) is 0 Å². The molecule has 8 nitrogen and oxygen atoms in total. The van der Waals surface area contributed by atoms with Crippen LogP contribution in [0, 0.1) is 18.8 Å². The molecule has 1 fully saturated rings. The van der Waals surface area contributed by atoms with Crippen LogP contribution in [0.1, 0.15) is 57.6 Å². The van der Waals surface area contributed by atoms with Gasteiger partial charge in [-0.2, -0.15) is 0 Å². The van der Waals surface area contributed by atoms with Crippen molar-refractivity contribution in [2.75, 3.05) is 13.2 Å². The highest BCUT2D eigenvalue weighted by Crippen LogP contribution is 2.29. The highest BCUT2D eigenvalue weighted by Gasteiger charge is 2.26. The number of aliphatic hydroxyl groups excluding tert-OH is 1. The summed E-state index contributed by atoms with van der Waals surface area (Å²) in [5.74, 6) is 0.512. The zero-order valence-corrected chi connectivity index (χ0v) is 23.3. The van der Waals surface area contributed by atoms with Crippen LogP contribution in [0.3, 0.4) is 0 Å². The molecule has 0 amide bonds. The van der Waals surface area contributed by atoms with Crippen LogP contribution >= 0.6 is 0 Å². The molecule has 206 valence electrons. The number of nitrogens with zero attached hydrogens (tertiary/aromatic N) is 3. The third-order valence-corrected chi connectivity index (χ3v) is 7.43. The number of esters is 1. The maximum atomic E-state index is 12.4. The fourth-order valence-electron chi connectivity index (χ4n) is 5.32. The van der Waals surface area contributed by atoms with Crippen LogP contribution in [0.5, 0.6) is 0 Å². The van der Waals surface area contributed by atoms with Crippen molar-refractivity contribution < 1.29 is 19.4 Å². The Bertz CT molecular complexity index is 1290. The molecule has 1 N–H and O–H groups in total. The van der Waals surface area contributed by atoms with Crippen LogP contribution < -0.4 is 5.56 Å². The standard InChI is InChI=1S/C30H41N3O5/c1-19(2)38-30(36)25(21(4)34)8-6-7-22-9-10-27-26(16-22)31-28(24-15-20(3)29(35)32(5)18-24)33(27)17-23-11-13-37-14-12-23/h9-10,15-16,18-19,21,23,25,34H,6-8,11-14,17H2,1-5H3/t21-,25+/m1/s1. The second kappa shape index (κ2) is 12.3. The molecular formula is C30H41N3O5. The molecule has 3 heterocycles. The topological polar surface area (TPSA) is 95.6 Å². The molecule has 2 atom stereocenters. The Morgan fingerprint density at radius 3 is 2.61 bits per heavy atom. The van der Waals surface area contributed by atoms with Crippen LogP contribution in [0.15, 0.2) is 35.3 Å². The first-order chi connectivity index (χ1) is 18.1. The van der Waals surface area contributed by atoms with Crippen molar-refractivity contribution in [1.82, 2.24) is 14.1 Å². The molecular weight excluding hydrogens is 482 g/mol. The lowest BCUT2D eigenvalue weighted by molar-refractivity contribution is -0.156. The lowest BCUT2D eigenvalue weighted by Gasteiger charge is -2.23. The average Bonchev–Trinajstić information content (AvgIpc) is 3.22. The quantitative estimate of drug-likeness (QED) is 0.396. The molecule has 0 spiro atoms. The second-order valence-electron chi connectivity index (χ2n) is 11.0. The van der Waals surface area contributed by atoms with Crippen molar-refractivity contribution >= 4 is 17.0 Å². The molecule has 1 aromatic carbocycles. The van der Waals surface area contributed by atoms with Crippen LogP contribution in [0.4, 0.5) is 0 Å². The van der Waals surface area contributed by atoms with E-state index >= 15 is 0 Å². The molecule has 0 saturated carbocycles. The Balaban J connectivity index is 1.60. The SMILES string of the molecule is Cc1cc(-c2nc3cc(CCC[C@H](C(=O)OC(C)C)[C@@H](C)O)ccc3n2CC2CCOCC2)cn(C)c1=O. The fourth-order valence-corrected chi connectivity index (χ4v) is 5.32. The van der Waals surface area contributed by atoms with Gasteiger partial charge in [0.2, 0.25) is 0 Å². The minimum atomic E-state index is -0.752. The Morgan fingerprint density at radius 2 is 1.95 bits per heavy atom. The number of aryl methyl sites for hydroxylation is 3. The van der Waals surface area contributed by atoms with Crippen molar-refractivity contribution in [3.05, 3.63) is 51.9 Å². The van der Waals surface area contributed by atoms with Gasteiger partial charge >= 0.3 is 5.97 Å². The van der Waals surface area contributed by atoms with Gasteiger partial charge in [-0.15, -0.1) is 0 Å². The van der Waals surface area contributed by atoms with Gasteiger partial charge in [-0.05, 0) is 89.5 Å². The number of rotatable bonds is 10. The maximum absolute atomic E-state index is 12.4. The predicted octanol–water partition coefficient (Wildman–Crippen LogP) is 4.41. The molecule has 3 aromatic rings. The lowest BCUT2D eigenvalue weighted by atomic mass is 9.95. The lowest BCUT2D eigenvalue weighted by Crippen LogP contribution is -2.29. The normalized spacial score (nSPS) is 16.2. The molecule has 8 heteroatoms. The monoisotopic (exact) mass is 523 g/mol. The van der Waals surface area contributed by atoms with Crippen LogP contribution in [-0.2, 0) is 34.3 Å². The van der Waals surface area contributed by atoms with E-state index in [2.05, 4.69) is 22.8 Å². The highest BCUT2D eigenvalue weighted by molar-refractivity contribution is 5.81. The number of benzene rings is 1. The summed E-state index contributed by atoms with van der Waals surface area (Å²) in [6.45, 7) is 9.54. The minimum Gasteiger partial charge on any atom is -0.463 e. The van der Waals surface area contributed by atoms with Crippen molar-refractivity contribution in [3.8, 4) is 11.4 Å². The molecule has 0 unspecified atom stereocenters. The molecule has 1 saturated heterocycles. The number of hydrogen-bond donors (Lipinski definition) is 1. The van der Waals surface area contributed by atoms with Crippen molar-refractivity contribution in [2.24, 2.45) is 18.9 Å². The molecule has 0 radical (unpaired) electrons. The number of carbonyl (C=O) groups is 1.